The van der Waals surface area contributed by atoms with Gasteiger partial charge in [0.05, 0.1) is 11.6 Å². The number of hydrogen-bond acceptors (Lipinski definition) is 7. The summed E-state index contributed by atoms with van der Waals surface area (Å²) in [6.07, 6.45) is 8.51. The molecule has 34 heavy (non-hydrogen) atoms. The molecule has 3 aromatic rings. The number of nitrogens with one attached hydrogen (secondary N) is 2. The lowest BCUT2D eigenvalue weighted by molar-refractivity contribution is -0.138. The van der Waals surface area contributed by atoms with Crippen molar-refractivity contribution in [2.75, 3.05) is 23.8 Å². The van der Waals surface area contributed by atoms with Gasteiger partial charge in [0, 0.05) is 30.7 Å². The molecule has 5 rings (SSSR count). The van der Waals surface area contributed by atoms with Crippen LogP contribution in [0.5, 0.6) is 0 Å². The number of rotatable bonds is 10. The molecule has 1 aliphatic carbocycles. The van der Waals surface area contributed by atoms with Gasteiger partial charge in [-0.3, -0.25) is 0 Å². The van der Waals surface area contributed by atoms with Gasteiger partial charge in [-0.05, 0) is 68.2 Å². The first-order valence-corrected chi connectivity index (χ1v) is 12.2. The number of aromatic nitrogens is 3. The Labute approximate surface area is 199 Å². The summed E-state index contributed by atoms with van der Waals surface area (Å²) in [7, 11) is 0. The van der Waals surface area contributed by atoms with Crippen molar-refractivity contribution in [2.24, 2.45) is 5.92 Å². The summed E-state index contributed by atoms with van der Waals surface area (Å²) in [5, 5.41) is 16.9. The summed E-state index contributed by atoms with van der Waals surface area (Å²) in [4.78, 5) is 25.0. The Balaban J connectivity index is 1.05. The Kier molecular flexibility index (Phi) is 6.85. The van der Waals surface area contributed by atoms with E-state index in [9.17, 15) is 9.90 Å². The summed E-state index contributed by atoms with van der Waals surface area (Å²) in [6, 6.07) is 11.2. The van der Waals surface area contributed by atoms with Gasteiger partial charge in [0.25, 0.3) is 0 Å². The van der Waals surface area contributed by atoms with E-state index >= 15 is 0 Å². The molecule has 0 radical (unpaired) electrons. The van der Waals surface area contributed by atoms with E-state index in [4.69, 9.17) is 9.72 Å². The van der Waals surface area contributed by atoms with Crippen LogP contribution in [-0.4, -0.2) is 51.3 Å². The van der Waals surface area contributed by atoms with Crippen LogP contribution in [0, 0.1) is 5.92 Å². The van der Waals surface area contributed by atoms with E-state index in [0.29, 0.717) is 24.8 Å². The lowest BCUT2D eigenvalue weighted by Crippen LogP contribution is -2.35. The van der Waals surface area contributed by atoms with Crippen LogP contribution < -0.4 is 10.6 Å². The summed E-state index contributed by atoms with van der Waals surface area (Å²) in [5.74, 6) is 1.34. The van der Waals surface area contributed by atoms with E-state index in [2.05, 4.69) is 32.7 Å². The minimum Gasteiger partial charge on any atom is -0.480 e. The fraction of sp³-hybridized carbons (Fsp3) is 0.462. The molecular formula is C26H31N5O3. The zero-order valence-electron chi connectivity index (χ0n) is 19.2. The molecule has 178 valence electrons. The van der Waals surface area contributed by atoms with Gasteiger partial charge >= 0.3 is 5.97 Å². The van der Waals surface area contributed by atoms with Crippen LogP contribution in [0.2, 0.25) is 0 Å². The SMILES string of the molecule is O=C(O)[C@H](CCOC1CC(CCc2ccc3c(n2)NCCC3)C1)Nc1ncnc2ccccc12. The van der Waals surface area contributed by atoms with Crippen molar-refractivity contribution in [3.8, 4) is 0 Å². The molecule has 1 fully saturated rings. The monoisotopic (exact) mass is 461 g/mol. The molecule has 8 nitrogen and oxygen atoms in total. The second-order valence-corrected chi connectivity index (χ2v) is 9.27. The van der Waals surface area contributed by atoms with Crippen LogP contribution in [0.1, 0.15) is 43.4 Å². The molecule has 1 atom stereocenters. The van der Waals surface area contributed by atoms with Crippen LogP contribution in [0.15, 0.2) is 42.7 Å². The minimum absolute atomic E-state index is 0.220. The zero-order valence-corrected chi connectivity index (χ0v) is 19.2. The van der Waals surface area contributed by atoms with Crippen molar-refractivity contribution < 1.29 is 14.6 Å². The number of carbonyl (C=O) groups is 1. The maximum Gasteiger partial charge on any atom is 0.326 e. The first-order valence-electron chi connectivity index (χ1n) is 12.2. The highest BCUT2D eigenvalue weighted by Gasteiger charge is 2.30. The Hall–Kier alpha value is -3.26. The van der Waals surface area contributed by atoms with Crippen molar-refractivity contribution in [3.05, 3.63) is 54.0 Å². The first kappa shape index (κ1) is 22.5. The molecule has 8 heteroatoms. The minimum atomic E-state index is -0.912. The number of benzene rings is 1. The quantitative estimate of drug-likeness (QED) is 0.415. The number of carboxylic acid groups (broad SMARTS) is 1. The number of hydrogen-bond donors (Lipinski definition) is 3. The second kappa shape index (κ2) is 10.3. The molecule has 0 amide bonds. The Morgan fingerprint density at radius 1 is 1.21 bits per heavy atom. The van der Waals surface area contributed by atoms with Crippen LogP contribution in [0.3, 0.4) is 0 Å². The first-order chi connectivity index (χ1) is 16.7. The summed E-state index contributed by atoms with van der Waals surface area (Å²) >= 11 is 0. The van der Waals surface area contributed by atoms with Crippen LogP contribution in [0.4, 0.5) is 11.6 Å². The Bertz CT molecular complexity index is 1140. The Morgan fingerprint density at radius 2 is 2.09 bits per heavy atom. The van der Waals surface area contributed by atoms with Crippen molar-refractivity contribution >= 4 is 28.5 Å². The van der Waals surface area contributed by atoms with E-state index < -0.39 is 12.0 Å². The number of carboxylic acids is 1. The highest BCUT2D eigenvalue weighted by atomic mass is 16.5. The third kappa shape index (κ3) is 5.28. The molecule has 1 saturated carbocycles. The fourth-order valence-corrected chi connectivity index (χ4v) is 4.80. The average molecular weight is 462 g/mol. The molecule has 1 aromatic carbocycles. The van der Waals surface area contributed by atoms with Crippen LogP contribution in [-0.2, 0) is 22.4 Å². The number of anilines is 2. The van der Waals surface area contributed by atoms with Gasteiger partial charge in [-0.25, -0.2) is 19.7 Å². The number of aryl methyl sites for hydroxylation is 2. The lowest BCUT2D eigenvalue weighted by atomic mass is 9.79. The number of fused-ring (bicyclic) bond motifs is 2. The zero-order chi connectivity index (χ0) is 23.3. The number of nitrogens with zero attached hydrogens (tertiary/aromatic N) is 3. The fourth-order valence-electron chi connectivity index (χ4n) is 4.80. The normalized spacial score (nSPS) is 20.1. The predicted octanol–water partition coefficient (Wildman–Crippen LogP) is 4.07. The smallest absolute Gasteiger partial charge is 0.326 e. The standard InChI is InChI=1S/C26H31N5O3/c32-26(33)23(31-25-21-5-1-2-6-22(21)28-16-29-25)11-13-34-20-14-17(15-20)7-9-19-10-8-18-4-3-12-27-24(18)30-19/h1-2,5-6,8,10,16-17,20,23H,3-4,7,9,11-15H2,(H,27,30)(H,32,33)(H,28,29,31)/t17?,20?,23-/m0/s1. The molecule has 2 aliphatic rings. The molecule has 0 saturated heterocycles. The highest BCUT2D eigenvalue weighted by molar-refractivity contribution is 5.90. The second-order valence-electron chi connectivity index (χ2n) is 9.27. The maximum atomic E-state index is 11.8. The van der Waals surface area contributed by atoms with Crippen molar-refractivity contribution in [3.63, 3.8) is 0 Å². The van der Waals surface area contributed by atoms with Gasteiger partial charge < -0.3 is 20.5 Å². The number of aliphatic carboxylic acids is 1. The third-order valence-corrected chi connectivity index (χ3v) is 6.86. The van der Waals surface area contributed by atoms with Gasteiger partial charge in [-0.2, -0.15) is 0 Å². The largest absolute Gasteiger partial charge is 0.480 e. The van der Waals surface area contributed by atoms with Gasteiger partial charge in [-0.15, -0.1) is 0 Å². The third-order valence-electron chi connectivity index (χ3n) is 6.86. The highest BCUT2D eigenvalue weighted by Crippen LogP contribution is 2.34. The molecule has 0 bridgehead atoms. The van der Waals surface area contributed by atoms with Crippen molar-refractivity contribution in [2.45, 2.75) is 57.1 Å². The van der Waals surface area contributed by atoms with E-state index in [0.717, 1.165) is 61.1 Å². The number of ether oxygens (including phenoxy) is 1. The predicted molar refractivity (Wildman–Crippen MR) is 131 cm³/mol. The molecule has 3 N–H and O–H groups in total. The van der Waals surface area contributed by atoms with Gasteiger partial charge in [0.2, 0.25) is 0 Å². The lowest BCUT2D eigenvalue weighted by Gasteiger charge is -2.35. The van der Waals surface area contributed by atoms with E-state index in [1.807, 2.05) is 24.3 Å². The maximum absolute atomic E-state index is 11.8. The number of para-hydroxylation sites is 1. The molecule has 2 aromatic heterocycles. The van der Waals surface area contributed by atoms with Crippen LogP contribution >= 0.6 is 0 Å². The van der Waals surface area contributed by atoms with Gasteiger partial charge in [0.1, 0.15) is 24.0 Å². The van der Waals surface area contributed by atoms with E-state index in [-0.39, 0.29) is 6.10 Å². The average Bonchev–Trinajstić information content (AvgIpc) is 2.84. The molecule has 1 aliphatic heterocycles. The topological polar surface area (TPSA) is 109 Å². The van der Waals surface area contributed by atoms with Crippen molar-refractivity contribution in [1.29, 1.82) is 0 Å². The summed E-state index contributed by atoms with van der Waals surface area (Å²) in [6.45, 7) is 1.42. The van der Waals surface area contributed by atoms with Crippen LogP contribution in [0.25, 0.3) is 10.9 Å². The molecule has 3 heterocycles. The molecule has 0 unspecified atom stereocenters. The Morgan fingerprint density at radius 3 is 2.97 bits per heavy atom. The molecule has 0 spiro atoms. The summed E-state index contributed by atoms with van der Waals surface area (Å²) < 4.78 is 5.98. The van der Waals surface area contributed by atoms with Crippen molar-refractivity contribution in [1.82, 2.24) is 15.0 Å². The van der Waals surface area contributed by atoms with Gasteiger partial charge in [0.15, 0.2) is 0 Å². The van der Waals surface area contributed by atoms with Gasteiger partial charge in [-0.1, -0.05) is 18.2 Å². The molecular weight excluding hydrogens is 430 g/mol. The number of pyridine rings is 1. The van der Waals surface area contributed by atoms with E-state index in [1.54, 1.807) is 0 Å². The summed E-state index contributed by atoms with van der Waals surface area (Å²) in [5.41, 5.74) is 3.27. The van der Waals surface area contributed by atoms with E-state index in [1.165, 1.54) is 18.3 Å².